The van der Waals surface area contributed by atoms with E-state index in [0.717, 1.165) is 20.0 Å². The zero-order chi connectivity index (χ0) is 26.7. The molecule has 16 nitrogen and oxygen atoms in total. The molecule has 35 heavy (non-hydrogen) atoms. The molecule has 19 heteroatoms. The zero-order valence-electron chi connectivity index (χ0n) is 20.2. The van der Waals surface area contributed by atoms with Crippen molar-refractivity contribution in [3.8, 4) is 0 Å². The van der Waals surface area contributed by atoms with Crippen LogP contribution in [0.2, 0.25) is 0 Å². The maximum Gasteiger partial charge on any atom is 0.407 e. The fraction of sp³-hybridized carbons (Fsp3) is 0.938. The molecule has 1 amide bonds. The van der Waals surface area contributed by atoms with Crippen LogP contribution in [0.25, 0.3) is 10.4 Å². The van der Waals surface area contributed by atoms with Gasteiger partial charge in [-0.2, -0.15) is 0 Å². The lowest BCUT2D eigenvalue weighted by Crippen LogP contribution is -2.34. The molecule has 0 aromatic rings. The first-order valence-corrected chi connectivity index (χ1v) is 16.4. The molecule has 0 radical (unpaired) electrons. The first-order valence-electron chi connectivity index (χ1n) is 10.4. The quantitative estimate of drug-likeness (QED) is 0.0903. The van der Waals surface area contributed by atoms with Crippen molar-refractivity contribution in [3.05, 3.63) is 10.4 Å². The minimum Gasteiger partial charge on any atom is -0.447 e. The molecule has 1 aliphatic heterocycles. The number of methoxy groups -OCH3 is 1. The van der Waals surface area contributed by atoms with Gasteiger partial charge in [0.05, 0.1) is 25.4 Å². The van der Waals surface area contributed by atoms with Crippen molar-refractivity contribution in [2.24, 2.45) is 5.11 Å². The average Bonchev–Trinajstić information content (AvgIpc) is 3.03. The van der Waals surface area contributed by atoms with Crippen LogP contribution in [-0.2, 0) is 45.8 Å². The highest BCUT2D eigenvalue weighted by Gasteiger charge is 2.39. The molecule has 0 aromatic carbocycles. The SMILES string of the molecule is COCCOC(=O)NCCC(N=[N+]=[N-])OC1C[C@H](C)O[C@@H]1COP(C)(=O)OP(C)(=O)OP(C)(=O)O. The fourth-order valence-corrected chi connectivity index (χ4v) is 8.33. The highest BCUT2D eigenvalue weighted by molar-refractivity contribution is 7.71. The number of hydrogen-bond acceptors (Lipinski definition) is 12. The highest BCUT2D eigenvalue weighted by Crippen LogP contribution is 2.67. The van der Waals surface area contributed by atoms with Crippen LogP contribution in [0.15, 0.2) is 5.11 Å². The number of alkyl carbamates (subject to hydrolysis) is 1. The molecule has 1 aliphatic rings. The number of hydrogen-bond donors (Lipinski definition) is 2. The Morgan fingerprint density at radius 3 is 2.51 bits per heavy atom. The van der Waals surface area contributed by atoms with E-state index in [4.69, 9.17) is 33.3 Å². The lowest BCUT2D eigenvalue weighted by molar-refractivity contribution is -0.0690. The van der Waals surface area contributed by atoms with E-state index in [9.17, 15) is 23.4 Å². The molecule has 1 heterocycles. The van der Waals surface area contributed by atoms with Gasteiger partial charge in [-0.25, -0.2) is 13.4 Å². The lowest BCUT2D eigenvalue weighted by atomic mass is 10.1. The van der Waals surface area contributed by atoms with Crippen LogP contribution >= 0.6 is 22.8 Å². The number of amides is 1. The Morgan fingerprint density at radius 2 is 1.91 bits per heavy atom. The zero-order valence-corrected chi connectivity index (χ0v) is 22.9. The largest absolute Gasteiger partial charge is 0.447 e. The minimum atomic E-state index is -4.17. The fourth-order valence-electron chi connectivity index (χ4n) is 2.98. The number of carbonyl (C=O) groups excluding carboxylic acids is 1. The second kappa shape index (κ2) is 14.7. The molecule has 7 atom stereocenters. The van der Waals surface area contributed by atoms with Crippen molar-refractivity contribution in [2.45, 2.75) is 44.3 Å². The van der Waals surface area contributed by atoms with Crippen molar-refractivity contribution in [2.75, 3.05) is 53.5 Å². The van der Waals surface area contributed by atoms with Gasteiger partial charge in [0, 0.05) is 45.0 Å². The highest BCUT2D eigenvalue weighted by atomic mass is 31.3. The molecule has 0 saturated carbocycles. The van der Waals surface area contributed by atoms with Gasteiger partial charge in [-0.3, -0.25) is 13.7 Å². The summed E-state index contributed by atoms with van der Waals surface area (Å²) < 4.78 is 71.9. The monoisotopic (exact) mass is 566 g/mol. The van der Waals surface area contributed by atoms with Crippen molar-refractivity contribution in [3.63, 3.8) is 0 Å². The number of ether oxygens (including phenoxy) is 4. The van der Waals surface area contributed by atoms with Gasteiger partial charge in [-0.1, -0.05) is 5.11 Å². The molecule has 204 valence electrons. The van der Waals surface area contributed by atoms with E-state index in [-0.39, 0.29) is 38.9 Å². The number of nitrogens with one attached hydrogen (secondary N) is 1. The number of nitrogens with zero attached hydrogens (tertiary/aromatic N) is 3. The molecule has 1 fully saturated rings. The smallest absolute Gasteiger partial charge is 0.407 e. The maximum atomic E-state index is 12.6. The summed E-state index contributed by atoms with van der Waals surface area (Å²) in [5.74, 6) is 0. The maximum absolute atomic E-state index is 12.6. The Bertz CT molecular complexity index is 880. The summed E-state index contributed by atoms with van der Waals surface area (Å²) >= 11 is 0. The summed E-state index contributed by atoms with van der Waals surface area (Å²) in [4.78, 5) is 23.6. The first kappa shape index (κ1) is 32.0. The standard InChI is InChI=1S/C16H33N4O12P3/c1-12-10-13(30-15(19-20-17)6-7-18-16(21)27-9-8-26-2)14(29-12)11-28-34(4,24)32-35(5,25)31-33(3,22)23/h12-15H,6-11H2,1-5H3,(H,18,21)(H,22,23)/t12-,13?,14+,15?,34?,35?/m0/s1. The van der Waals surface area contributed by atoms with Crippen LogP contribution < -0.4 is 5.32 Å². The van der Waals surface area contributed by atoms with Crippen LogP contribution in [-0.4, -0.2) is 89.0 Å². The van der Waals surface area contributed by atoms with E-state index >= 15 is 0 Å². The summed E-state index contributed by atoms with van der Waals surface area (Å²) in [7, 11) is -10.9. The molecule has 0 spiro atoms. The third-order valence-electron chi connectivity index (χ3n) is 4.15. The second-order valence-electron chi connectivity index (χ2n) is 7.70. The van der Waals surface area contributed by atoms with E-state index in [2.05, 4.69) is 19.7 Å². The molecule has 1 rings (SSSR count). The molecule has 0 aromatic heterocycles. The molecule has 0 bridgehead atoms. The Morgan fingerprint density at radius 1 is 1.23 bits per heavy atom. The third-order valence-corrected chi connectivity index (χ3v) is 9.54. The number of rotatable bonds is 16. The summed E-state index contributed by atoms with van der Waals surface area (Å²) in [6.07, 6.45) is -2.75. The van der Waals surface area contributed by atoms with Crippen molar-refractivity contribution in [1.29, 1.82) is 0 Å². The number of carbonyl (C=O) groups is 1. The van der Waals surface area contributed by atoms with Crippen LogP contribution in [0, 0.1) is 0 Å². The van der Waals surface area contributed by atoms with Gasteiger partial charge in [0.25, 0.3) is 0 Å². The van der Waals surface area contributed by atoms with E-state index in [0.29, 0.717) is 6.42 Å². The summed E-state index contributed by atoms with van der Waals surface area (Å²) in [6, 6.07) is 0. The van der Waals surface area contributed by atoms with Crippen molar-refractivity contribution >= 4 is 28.9 Å². The Balaban J connectivity index is 2.64. The average molecular weight is 566 g/mol. The van der Waals surface area contributed by atoms with Gasteiger partial charge in [0.1, 0.15) is 18.9 Å². The van der Waals surface area contributed by atoms with Gasteiger partial charge in [-0.05, 0) is 18.9 Å². The van der Waals surface area contributed by atoms with E-state index in [1.165, 1.54) is 7.11 Å². The van der Waals surface area contributed by atoms with E-state index in [1.54, 1.807) is 6.92 Å². The first-order chi connectivity index (χ1) is 16.2. The van der Waals surface area contributed by atoms with Crippen molar-refractivity contribution < 1.29 is 55.5 Å². The van der Waals surface area contributed by atoms with Gasteiger partial charge in [0.2, 0.25) is 0 Å². The predicted molar refractivity (Wildman–Crippen MR) is 124 cm³/mol. The Hall–Kier alpha value is -1.01. The summed E-state index contributed by atoms with van der Waals surface area (Å²) in [6.45, 7) is 4.62. The molecule has 2 N–H and O–H groups in total. The lowest BCUT2D eigenvalue weighted by Gasteiger charge is -2.25. The number of azide groups is 1. The summed E-state index contributed by atoms with van der Waals surface area (Å²) in [5.41, 5.74) is 8.85. The van der Waals surface area contributed by atoms with Gasteiger partial charge in [-0.15, -0.1) is 0 Å². The Labute approximate surface area is 203 Å². The van der Waals surface area contributed by atoms with Crippen LogP contribution in [0.4, 0.5) is 4.79 Å². The predicted octanol–water partition coefficient (Wildman–Crippen LogP) is 3.46. The van der Waals surface area contributed by atoms with Crippen LogP contribution in [0.3, 0.4) is 0 Å². The van der Waals surface area contributed by atoms with Crippen LogP contribution in [0.5, 0.6) is 0 Å². The van der Waals surface area contributed by atoms with E-state index < -0.39 is 47.3 Å². The van der Waals surface area contributed by atoms with E-state index in [1.807, 2.05) is 0 Å². The van der Waals surface area contributed by atoms with Gasteiger partial charge < -0.3 is 33.7 Å². The third kappa shape index (κ3) is 14.3. The molecule has 5 unspecified atom stereocenters. The molecular weight excluding hydrogens is 533 g/mol. The van der Waals surface area contributed by atoms with Crippen molar-refractivity contribution in [1.82, 2.24) is 5.32 Å². The minimum absolute atomic E-state index is 0.0833. The normalized spacial score (nSPS) is 25.9. The Kier molecular flexibility index (Phi) is 13.4. The van der Waals surface area contributed by atoms with Gasteiger partial charge >= 0.3 is 28.9 Å². The topological polar surface area (TPSA) is 214 Å². The molecule has 1 saturated heterocycles. The van der Waals surface area contributed by atoms with Crippen LogP contribution in [0.1, 0.15) is 19.8 Å². The second-order valence-corrected chi connectivity index (χ2v) is 14.0. The molecular formula is C16H33N4O12P3. The molecule has 0 aliphatic carbocycles. The summed E-state index contributed by atoms with van der Waals surface area (Å²) in [5, 5.41) is 6.07. The van der Waals surface area contributed by atoms with Gasteiger partial charge in [0.15, 0.2) is 0 Å².